The summed E-state index contributed by atoms with van der Waals surface area (Å²) in [4.78, 5) is 0. The van der Waals surface area contributed by atoms with Crippen LogP contribution in [0.1, 0.15) is 12.0 Å². The first kappa shape index (κ1) is 12.5. The van der Waals surface area contributed by atoms with Crippen LogP contribution >= 0.6 is 11.8 Å². The lowest BCUT2D eigenvalue weighted by atomic mass is 10.0. The van der Waals surface area contributed by atoms with Gasteiger partial charge in [-0.05, 0) is 41.3 Å². The van der Waals surface area contributed by atoms with E-state index in [0.29, 0.717) is 0 Å². The first-order valence-corrected chi connectivity index (χ1v) is 7.47. The smallest absolute Gasteiger partial charge is 0.0211 e. The first-order chi connectivity index (χ1) is 8.42. The predicted octanol–water partition coefficient (Wildman–Crippen LogP) is 3.68. The van der Waals surface area contributed by atoms with E-state index in [4.69, 9.17) is 0 Å². The highest BCUT2D eigenvalue weighted by Crippen LogP contribution is 2.18. The molecule has 0 spiro atoms. The lowest BCUT2D eigenvalue weighted by molar-refractivity contribution is 0.681. The summed E-state index contributed by atoms with van der Waals surface area (Å²) in [5, 5.41) is 6.21. The van der Waals surface area contributed by atoms with E-state index in [1.54, 1.807) is 0 Å². The van der Waals surface area contributed by atoms with Crippen LogP contribution in [0.3, 0.4) is 0 Å². The molecule has 0 atom stereocenters. The SMILES string of the molecule is CSCCCNCc1cccc2ccccc12. The van der Waals surface area contributed by atoms with Gasteiger partial charge < -0.3 is 5.32 Å². The van der Waals surface area contributed by atoms with Gasteiger partial charge in [0.1, 0.15) is 0 Å². The molecular formula is C15H19NS. The summed E-state index contributed by atoms with van der Waals surface area (Å²) in [5.41, 5.74) is 1.40. The van der Waals surface area contributed by atoms with Crippen molar-refractivity contribution in [1.82, 2.24) is 5.32 Å². The van der Waals surface area contributed by atoms with Crippen molar-refractivity contribution in [1.29, 1.82) is 0 Å². The Hall–Kier alpha value is -0.990. The zero-order chi connectivity index (χ0) is 11.9. The van der Waals surface area contributed by atoms with Crippen molar-refractivity contribution in [3.05, 3.63) is 48.0 Å². The highest BCUT2D eigenvalue weighted by Gasteiger charge is 1.99. The van der Waals surface area contributed by atoms with Gasteiger partial charge in [-0.1, -0.05) is 42.5 Å². The Morgan fingerprint density at radius 1 is 1.06 bits per heavy atom. The molecule has 0 aromatic heterocycles. The Balaban J connectivity index is 1.98. The second-order valence-electron chi connectivity index (χ2n) is 4.16. The molecule has 0 radical (unpaired) electrons. The van der Waals surface area contributed by atoms with Crippen LogP contribution in [0.25, 0.3) is 10.8 Å². The normalized spacial score (nSPS) is 10.9. The maximum Gasteiger partial charge on any atom is 0.0211 e. The lowest BCUT2D eigenvalue weighted by Crippen LogP contribution is -2.15. The van der Waals surface area contributed by atoms with Gasteiger partial charge in [-0.15, -0.1) is 0 Å². The standard InChI is InChI=1S/C15H19NS/c1-17-11-5-10-16-12-14-8-4-7-13-6-2-3-9-15(13)14/h2-4,6-9,16H,5,10-12H2,1H3. The number of rotatable bonds is 6. The minimum atomic E-state index is 0.968. The average molecular weight is 245 g/mol. The number of hydrogen-bond acceptors (Lipinski definition) is 2. The molecule has 2 rings (SSSR count). The third-order valence-corrected chi connectivity index (χ3v) is 3.59. The fourth-order valence-corrected chi connectivity index (χ4v) is 2.44. The fourth-order valence-electron chi connectivity index (χ4n) is 2.01. The van der Waals surface area contributed by atoms with E-state index in [-0.39, 0.29) is 0 Å². The molecule has 0 aliphatic rings. The highest BCUT2D eigenvalue weighted by atomic mass is 32.2. The molecule has 2 aromatic carbocycles. The van der Waals surface area contributed by atoms with E-state index < -0.39 is 0 Å². The van der Waals surface area contributed by atoms with Crippen LogP contribution in [0.5, 0.6) is 0 Å². The molecule has 0 saturated carbocycles. The van der Waals surface area contributed by atoms with Gasteiger partial charge in [-0.3, -0.25) is 0 Å². The van der Waals surface area contributed by atoms with E-state index in [1.165, 1.54) is 28.5 Å². The van der Waals surface area contributed by atoms with Crippen molar-refractivity contribution in [3.63, 3.8) is 0 Å². The zero-order valence-corrected chi connectivity index (χ0v) is 11.1. The molecule has 90 valence electrons. The maximum absolute atomic E-state index is 3.52. The van der Waals surface area contributed by atoms with Crippen molar-refractivity contribution in [2.45, 2.75) is 13.0 Å². The quantitative estimate of drug-likeness (QED) is 0.779. The van der Waals surface area contributed by atoms with Crippen LogP contribution in [-0.2, 0) is 6.54 Å². The van der Waals surface area contributed by atoms with E-state index in [0.717, 1.165) is 13.1 Å². The summed E-state index contributed by atoms with van der Waals surface area (Å²) >= 11 is 1.91. The molecule has 0 unspecified atom stereocenters. The van der Waals surface area contributed by atoms with Crippen LogP contribution in [0, 0.1) is 0 Å². The molecule has 0 aliphatic carbocycles. The predicted molar refractivity (Wildman–Crippen MR) is 78.7 cm³/mol. The fraction of sp³-hybridized carbons (Fsp3) is 0.333. The van der Waals surface area contributed by atoms with E-state index in [2.05, 4.69) is 54.0 Å². The largest absolute Gasteiger partial charge is 0.313 e. The molecule has 0 heterocycles. The Morgan fingerprint density at radius 2 is 1.88 bits per heavy atom. The molecule has 0 saturated heterocycles. The van der Waals surface area contributed by atoms with E-state index in [9.17, 15) is 0 Å². The highest BCUT2D eigenvalue weighted by molar-refractivity contribution is 7.98. The van der Waals surface area contributed by atoms with Crippen LogP contribution < -0.4 is 5.32 Å². The van der Waals surface area contributed by atoms with Gasteiger partial charge >= 0.3 is 0 Å². The Kier molecular flexibility index (Phi) is 4.89. The van der Waals surface area contributed by atoms with E-state index >= 15 is 0 Å². The second-order valence-corrected chi connectivity index (χ2v) is 5.15. The average Bonchev–Trinajstić information content (AvgIpc) is 2.39. The molecule has 0 aliphatic heterocycles. The molecule has 0 amide bonds. The van der Waals surface area contributed by atoms with Crippen molar-refractivity contribution in [2.24, 2.45) is 0 Å². The summed E-state index contributed by atoms with van der Waals surface area (Å²) in [6.07, 6.45) is 3.40. The summed E-state index contributed by atoms with van der Waals surface area (Å²) in [5.74, 6) is 1.24. The van der Waals surface area contributed by atoms with Gasteiger partial charge in [0.2, 0.25) is 0 Å². The maximum atomic E-state index is 3.52. The number of benzene rings is 2. The molecule has 1 N–H and O–H groups in total. The number of nitrogens with one attached hydrogen (secondary N) is 1. The van der Waals surface area contributed by atoms with Gasteiger partial charge in [-0.25, -0.2) is 0 Å². The summed E-state index contributed by atoms with van der Waals surface area (Å²) < 4.78 is 0. The number of fused-ring (bicyclic) bond motifs is 1. The first-order valence-electron chi connectivity index (χ1n) is 6.08. The minimum Gasteiger partial charge on any atom is -0.313 e. The van der Waals surface area contributed by atoms with Gasteiger partial charge in [0.05, 0.1) is 0 Å². The van der Waals surface area contributed by atoms with Crippen molar-refractivity contribution in [3.8, 4) is 0 Å². The molecule has 17 heavy (non-hydrogen) atoms. The molecule has 0 fully saturated rings. The van der Waals surface area contributed by atoms with Gasteiger partial charge in [0, 0.05) is 6.54 Å². The summed E-state index contributed by atoms with van der Waals surface area (Å²) in [6.45, 7) is 2.07. The van der Waals surface area contributed by atoms with Crippen LogP contribution in [0.15, 0.2) is 42.5 Å². The Bertz CT molecular complexity index is 462. The second kappa shape index (κ2) is 6.67. The summed E-state index contributed by atoms with van der Waals surface area (Å²) in [7, 11) is 0. The van der Waals surface area contributed by atoms with E-state index in [1.807, 2.05) is 11.8 Å². The van der Waals surface area contributed by atoms with Crippen molar-refractivity contribution < 1.29 is 0 Å². The number of hydrogen-bond donors (Lipinski definition) is 1. The number of thioether (sulfide) groups is 1. The lowest BCUT2D eigenvalue weighted by Gasteiger charge is -2.07. The third-order valence-electron chi connectivity index (χ3n) is 2.90. The minimum absolute atomic E-state index is 0.968. The van der Waals surface area contributed by atoms with Crippen LogP contribution in [0.2, 0.25) is 0 Å². The molecular weight excluding hydrogens is 226 g/mol. The molecule has 2 aromatic rings. The third kappa shape index (κ3) is 3.48. The molecule has 0 bridgehead atoms. The topological polar surface area (TPSA) is 12.0 Å². The summed E-state index contributed by atoms with van der Waals surface area (Å²) in [6, 6.07) is 15.1. The van der Waals surface area contributed by atoms with Crippen molar-refractivity contribution >= 4 is 22.5 Å². The molecule has 2 heteroatoms. The van der Waals surface area contributed by atoms with Gasteiger partial charge in [-0.2, -0.15) is 11.8 Å². The molecule has 1 nitrogen and oxygen atoms in total. The van der Waals surface area contributed by atoms with Crippen molar-refractivity contribution in [2.75, 3.05) is 18.6 Å². The zero-order valence-electron chi connectivity index (χ0n) is 10.3. The Labute approximate surface area is 108 Å². The monoisotopic (exact) mass is 245 g/mol. The Morgan fingerprint density at radius 3 is 2.76 bits per heavy atom. The van der Waals surface area contributed by atoms with Crippen LogP contribution in [-0.4, -0.2) is 18.6 Å². The van der Waals surface area contributed by atoms with Crippen LogP contribution in [0.4, 0.5) is 0 Å². The van der Waals surface area contributed by atoms with Gasteiger partial charge in [0.25, 0.3) is 0 Å². The van der Waals surface area contributed by atoms with Gasteiger partial charge in [0.15, 0.2) is 0 Å².